The first-order valence-electron chi connectivity index (χ1n) is 15.4. The van der Waals surface area contributed by atoms with Crippen LogP contribution in [0.5, 0.6) is 5.75 Å². The molecule has 45 heavy (non-hydrogen) atoms. The highest BCUT2D eigenvalue weighted by atomic mass is 16.5. The van der Waals surface area contributed by atoms with Gasteiger partial charge in [0.05, 0.1) is 24.8 Å². The van der Waals surface area contributed by atoms with E-state index in [0.717, 1.165) is 41.1 Å². The summed E-state index contributed by atoms with van der Waals surface area (Å²) in [5.74, 6) is -0.838. The highest BCUT2D eigenvalue weighted by molar-refractivity contribution is 6.06. The monoisotopic (exact) mass is 607 g/mol. The number of carboxylic acid groups (broad SMARTS) is 1. The van der Waals surface area contributed by atoms with E-state index in [1.807, 2.05) is 50.4 Å². The number of hydrogen-bond acceptors (Lipinski definition) is 5. The molecule has 9 heteroatoms. The minimum Gasteiger partial charge on any atom is -0.493 e. The highest BCUT2D eigenvalue weighted by Gasteiger charge is 2.41. The fraction of sp³-hybridized carbons (Fsp3) is 0.306. The van der Waals surface area contributed by atoms with Gasteiger partial charge in [0.15, 0.2) is 0 Å². The predicted octanol–water partition coefficient (Wildman–Crippen LogP) is 7.05. The quantitative estimate of drug-likeness (QED) is 0.131. The van der Waals surface area contributed by atoms with Crippen LogP contribution in [0, 0.1) is 0 Å². The number of nitrogens with zero attached hydrogens (tertiary/aromatic N) is 1. The lowest BCUT2D eigenvalue weighted by molar-refractivity contribution is -0.131. The average molecular weight is 608 g/mol. The van der Waals surface area contributed by atoms with Gasteiger partial charge in [-0.05, 0) is 80.5 Å². The number of amides is 2. The van der Waals surface area contributed by atoms with Crippen LogP contribution >= 0.6 is 0 Å². The summed E-state index contributed by atoms with van der Waals surface area (Å²) < 4.78 is 13.3. The van der Waals surface area contributed by atoms with Crippen molar-refractivity contribution in [1.82, 2.24) is 9.88 Å². The van der Waals surface area contributed by atoms with Crippen LogP contribution < -0.4 is 15.4 Å². The number of carbonyl (C=O) groups is 3. The third-order valence-electron chi connectivity index (χ3n) is 8.92. The Morgan fingerprint density at radius 3 is 2.56 bits per heavy atom. The van der Waals surface area contributed by atoms with E-state index in [4.69, 9.17) is 14.3 Å². The summed E-state index contributed by atoms with van der Waals surface area (Å²) in [7, 11) is 2.03. The van der Waals surface area contributed by atoms with Crippen molar-refractivity contribution >= 4 is 40.4 Å². The minimum atomic E-state index is -1.16. The van der Waals surface area contributed by atoms with Crippen LogP contribution in [0.15, 0.2) is 77.6 Å². The van der Waals surface area contributed by atoms with Crippen molar-refractivity contribution in [2.75, 3.05) is 11.9 Å². The Balaban J connectivity index is 1.27. The van der Waals surface area contributed by atoms with Gasteiger partial charge in [-0.25, -0.2) is 4.79 Å². The molecule has 2 amide bonds. The molecule has 0 aliphatic heterocycles. The van der Waals surface area contributed by atoms with Gasteiger partial charge in [-0.1, -0.05) is 31.1 Å². The van der Waals surface area contributed by atoms with Crippen LogP contribution in [0.3, 0.4) is 0 Å². The highest BCUT2D eigenvalue weighted by Crippen LogP contribution is 2.44. The zero-order valence-corrected chi connectivity index (χ0v) is 25.5. The molecular formula is C36H37N3O6. The lowest BCUT2D eigenvalue weighted by atomic mass is 9.92. The van der Waals surface area contributed by atoms with Gasteiger partial charge in [0.2, 0.25) is 0 Å². The number of aryl methyl sites for hydroxylation is 1. The summed E-state index contributed by atoms with van der Waals surface area (Å²) in [5.41, 5.74) is 4.79. The molecule has 2 aliphatic rings. The van der Waals surface area contributed by atoms with Gasteiger partial charge in [-0.15, -0.1) is 0 Å². The summed E-state index contributed by atoms with van der Waals surface area (Å²) in [4.78, 5) is 38.5. The Labute approximate surface area is 261 Å². The van der Waals surface area contributed by atoms with Crippen LogP contribution in [-0.2, 0) is 16.6 Å². The first-order chi connectivity index (χ1) is 21.8. The third-order valence-corrected chi connectivity index (χ3v) is 8.92. The second-order valence-corrected chi connectivity index (χ2v) is 11.8. The van der Waals surface area contributed by atoms with Gasteiger partial charge in [0.25, 0.3) is 11.8 Å². The summed E-state index contributed by atoms with van der Waals surface area (Å²) in [5, 5.41) is 16.1. The first kappa shape index (κ1) is 30.0. The number of nitrogens with one attached hydrogen (secondary N) is 2. The Kier molecular flexibility index (Phi) is 8.34. The van der Waals surface area contributed by atoms with Gasteiger partial charge in [0, 0.05) is 52.5 Å². The molecule has 1 fully saturated rings. The smallest absolute Gasteiger partial charge is 0.328 e. The fourth-order valence-corrected chi connectivity index (χ4v) is 6.71. The van der Waals surface area contributed by atoms with Crippen molar-refractivity contribution in [1.29, 1.82) is 0 Å². The molecule has 4 aromatic rings. The SMILES string of the molecule is CCOc1cc(NC(=O)C2(NC(=O)c3ccc4c(C5CCCC5)c(-c5ccoc5)n(C)c4c3)CC=CC2)ccc1/C=C/C(=O)O. The number of hydrogen-bond donors (Lipinski definition) is 3. The van der Waals surface area contributed by atoms with Crippen LogP contribution in [-0.4, -0.2) is 39.6 Å². The van der Waals surface area contributed by atoms with Gasteiger partial charge in [-0.2, -0.15) is 0 Å². The minimum absolute atomic E-state index is 0.326. The van der Waals surface area contributed by atoms with Gasteiger partial charge in [0.1, 0.15) is 11.3 Å². The Bertz CT molecular complexity index is 1800. The van der Waals surface area contributed by atoms with Crippen molar-refractivity contribution in [3.63, 3.8) is 0 Å². The topological polar surface area (TPSA) is 123 Å². The maximum Gasteiger partial charge on any atom is 0.328 e. The Morgan fingerprint density at radius 1 is 1.09 bits per heavy atom. The molecular weight excluding hydrogens is 570 g/mol. The van der Waals surface area contributed by atoms with E-state index >= 15 is 0 Å². The molecule has 9 nitrogen and oxygen atoms in total. The number of rotatable bonds is 10. The Hall–Kier alpha value is -5.05. The van der Waals surface area contributed by atoms with E-state index in [1.165, 1.54) is 24.5 Å². The molecule has 0 unspecified atom stereocenters. The summed E-state index contributed by atoms with van der Waals surface area (Å²) in [6, 6.07) is 12.8. The fourth-order valence-electron chi connectivity index (χ4n) is 6.71. The molecule has 6 rings (SSSR count). The largest absolute Gasteiger partial charge is 0.493 e. The molecule has 2 aromatic carbocycles. The number of ether oxygens (including phenoxy) is 1. The predicted molar refractivity (Wildman–Crippen MR) is 173 cm³/mol. The zero-order valence-electron chi connectivity index (χ0n) is 25.5. The standard InChI is InChI=1S/C36H37N3O6/c1-3-45-30-21-27(13-10-23(30)12-15-31(40)41)37-35(43)36(17-6-7-18-36)38-34(42)25-11-14-28-29(20-25)39(2)33(26-16-19-44-22-26)32(28)24-8-4-5-9-24/h6-7,10-16,19-22,24H,3-5,8-9,17-18H2,1-2H3,(H,37,43)(H,38,42)(H,40,41)/b15-12+. The van der Waals surface area contributed by atoms with E-state index in [-0.39, 0.29) is 11.8 Å². The molecule has 232 valence electrons. The number of aliphatic carboxylic acids is 1. The lowest BCUT2D eigenvalue weighted by Gasteiger charge is -2.29. The number of fused-ring (bicyclic) bond motifs is 1. The molecule has 0 bridgehead atoms. The van der Waals surface area contributed by atoms with E-state index in [9.17, 15) is 14.4 Å². The molecule has 2 heterocycles. The maximum atomic E-state index is 13.8. The molecule has 0 spiro atoms. The molecule has 2 aliphatic carbocycles. The van der Waals surface area contributed by atoms with Gasteiger partial charge < -0.3 is 29.5 Å². The maximum absolute atomic E-state index is 13.8. The Morgan fingerprint density at radius 2 is 1.87 bits per heavy atom. The normalized spacial score (nSPS) is 16.0. The van der Waals surface area contributed by atoms with Crippen molar-refractivity contribution in [3.8, 4) is 17.0 Å². The van der Waals surface area contributed by atoms with Crippen LogP contribution in [0.4, 0.5) is 5.69 Å². The second-order valence-electron chi connectivity index (χ2n) is 11.8. The van der Waals surface area contributed by atoms with E-state index in [2.05, 4.69) is 15.2 Å². The lowest BCUT2D eigenvalue weighted by Crippen LogP contribution is -2.55. The summed E-state index contributed by atoms with van der Waals surface area (Å²) in [6.45, 7) is 2.19. The van der Waals surface area contributed by atoms with Crippen molar-refractivity contribution in [2.24, 2.45) is 7.05 Å². The van der Waals surface area contributed by atoms with Crippen molar-refractivity contribution in [3.05, 3.63) is 89.9 Å². The van der Waals surface area contributed by atoms with Crippen molar-refractivity contribution < 1.29 is 28.6 Å². The molecule has 0 saturated heterocycles. The van der Waals surface area contributed by atoms with Gasteiger partial charge >= 0.3 is 5.97 Å². The number of furan rings is 1. The van der Waals surface area contributed by atoms with Crippen molar-refractivity contribution in [2.45, 2.75) is 56.9 Å². The molecule has 2 aromatic heterocycles. The molecule has 1 saturated carbocycles. The average Bonchev–Trinajstić information content (AvgIpc) is 3.85. The number of aromatic nitrogens is 1. The zero-order chi connectivity index (χ0) is 31.6. The number of anilines is 1. The molecule has 0 radical (unpaired) electrons. The van der Waals surface area contributed by atoms with Crippen LogP contribution in [0.2, 0.25) is 0 Å². The van der Waals surface area contributed by atoms with E-state index < -0.39 is 11.5 Å². The number of carbonyl (C=O) groups excluding carboxylic acids is 2. The third kappa shape index (κ3) is 5.90. The van der Waals surface area contributed by atoms with E-state index in [0.29, 0.717) is 47.9 Å². The second kappa shape index (κ2) is 12.5. The number of carboxylic acids is 1. The first-order valence-corrected chi connectivity index (χ1v) is 15.4. The van der Waals surface area contributed by atoms with E-state index in [1.54, 1.807) is 30.7 Å². The number of benzene rings is 2. The van der Waals surface area contributed by atoms with Gasteiger partial charge in [-0.3, -0.25) is 9.59 Å². The van der Waals surface area contributed by atoms with Crippen LogP contribution in [0.25, 0.3) is 28.2 Å². The molecule has 0 atom stereocenters. The van der Waals surface area contributed by atoms with Crippen LogP contribution in [0.1, 0.15) is 72.9 Å². The molecule has 3 N–H and O–H groups in total. The summed E-state index contributed by atoms with van der Waals surface area (Å²) >= 11 is 0. The summed E-state index contributed by atoms with van der Waals surface area (Å²) in [6.07, 6.45) is 15.2.